The van der Waals surface area contributed by atoms with E-state index in [0.717, 1.165) is 30.9 Å². The number of benzene rings is 2. The van der Waals surface area contributed by atoms with Crippen molar-refractivity contribution in [1.82, 2.24) is 19.4 Å². The summed E-state index contributed by atoms with van der Waals surface area (Å²) in [5.41, 5.74) is 6.26. The summed E-state index contributed by atoms with van der Waals surface area (Å²) in [4.78, 5) is 34.8. The van der Waals surface area contributed by atoms with E-state index in [-0.39, 0.29) is 17.9 Å². The molecule has 2 aromatic carbocycles. The van der Waals surface area contributed by atoms with Crippen molar-refractivity contribution in [3.8, 4) is 0 Å². The molecule has 4 rings (SSSR count). The second kappa shape index (κ2) is 12.1. The monoisotopic (exact) mass is 544 g/mol. The molecule has 210 valence electrons. The van der Waals surface area contributed by atoms with Crippen LogP contribution in [0.1, 0.15) is 36.6 Å². The van der Waals surface area contributed by atoms with E-state index in [9.17, 15) is 22.8 Å². The lowest BCUT2D eigenvalue weighted by molar-refractivity contribution is -0.137. The highest BCUT2D eigenvalue weighted by Gasteiger charge is 2.34. The molecule has 2 heterocycles. The minimum Gasteiger partial charge on any atom is -0.385 e. The number of piperazine rings is 1. The van der Waals surface area contributed by atoms with Crippen LogP contribution >= 0.6 is 0 Å². The van der Waals surface area contributed by atoms with Crippen molar-refractivity contribution in [1.29, 1.82) is 0 Å². The molecule has 1 unspecified atom stereocenters. The Morgan fingerprint density at radius 3 is 2.13 bits per heavy atom. The van der Waals surface area contributed by atoms with Crippen molar-refractivity contribution < 1.29 is 13.2 Å². The summed E-state index contributed by atoms with van der Waals surface area (Å²) in [5, 5.41) is 0. The standard InChI is InChI=1S/C28H35F3N6O2/c1-3-34(4-2)14-19-37-25(32)23(26(38)33-27(37)39)24(20-10-12-21(13-11-20)28(29,30)31)36-17-15-35(16-18-36)22-8-6-5-7-9-22/h5-13,24H,3-4,14-19,32H2,1-2H3,(H,33,38,39). The van der Waals surface area contributed by atoms with Crippen LogP contribution in [0.2, 0.25) is 0 Å². The number of likely N-dealkylation sites (N-methyl/N-ethyl adjacent to an activating group) is 1. The number of nitrogen functional groups attached to an aromatic ring is 1. The van der Waals surface area contributed by atoms with Gasteiger partial charge in [0.05, 0.1) is 17.2 Å². The Kier molecular flexibility index (Phi) is 8.81. The van der Waals surface area contributed by atoms with Gasteiger partial charge in [-0.15, -0.1) is 0 Å². The number of para-hydroxylation sites is 1. The third-order valence-electron chi connectivity index (χ3n) is 7.44. The van der Waals surface area contributed by atoms with Crippen molar-refractivity contribution in [3.05, 3.63) is 92.1 Å². The molecule has 3 N–H and O–H groups in total. The molecule has 11 heteroatoms. The molecule has 1 aromatic heterocycles. The molecule has 3 aromatic rings. The number of aromatic nitrogens is 2. The Bertz CT molecular complexity index is 1340. The van der Waals surface area contributed by atoms with E-state index in [4.69, 9.17) is 5.73 Å². The van der Waals surface area contributed by atoms with Crippen LogP contribution in [0.4, 0.5) is 24.7 Å². The van der Waals surface area contributed by atoms with Crippen LogP contribution in [0.25, 0.3) is 0 Å². The predicted molar refractivity (Wildman–Crippen MR) is 147 cm³/mol. The van der Waals surface area contributed by atoms with Crippen LogP contribution in [0.15, 0.2) is 64.2 Å². The Balaban J connectivity index is 1.73. The number of aromatic amines is 1. The minimum absolute atomic E-state index is 0.0336. The van der Waals surface area contributed by atoms with Gasteiger partial charge in [-0.05, 0) is 42.9 Å². The third-order valence-corrected chi connectivity index (χ3v) is 7.44. The van der Waals surface area contributed by atoms with Gasteiger partial charge in [0.2, 0.25) is 0 Å². The number of alkyl halides is 3. The fourth-order valence-corrected chi connectivity index (χ4v) is 5.16. The summed E-state index contributed by atoms with van der Waals surface area (Å²) in [7, 11) is 0. The van der Waals surface area contributed by atoms with E-state index >= 15 is 0 Å². The first kappa shape index (κ1) is 28.4. The number of rotatable bonds is 9. The van der Waals surface area contributed by atoms with Crippen LogP contribution in [0, 0.1) is 0 Å². The SMILES string of the molecule is CCN(CC)CCn1c(N)c(C(c2ccc(C(F)(F)F)cc2)N2CCN(c3ccccc3)CC2)c(=O)[nH]c1=O. The highest BCUT2D eigenvalue weighted by atomic mass is 19.4. The average molecular weight is 545 g/mol. The molecule has 1 saturated heterocycles. The molecule has 1 aliphatic heterocycles. The maximum Gasteiger partial charge on any atom is 0.416 e. The van der Waals surface area contributed by atoms with Crippen molar-refractivity contribution in [2.45, 2.75) is 32.6 Å². The lowest BCUT2D eigenvalue weighted by Crippen LogP contribution is -2.49. The van der Waals surface area contributed by atoms with Gasteiger partial charge in [0.25, 0.3) is 5.56 Å². The van der Waals surface area contributed by atoms with Crippen molar-refractivity contribution in [2.75, 3.05) is 56.4 Å². The minimum atomic E-state index is -4.48. The molecule has 0 spiro atoms. The first-order valence-corrected chi connectivity index (χ1v) is 13.2. The fourth-order valence-electron chi connectivity index (χ4n) is 5.16. The molecule has 8 nitrogen and oxygen atoms in total. The Labute approximate surface area is 225 Å². The summed E-state index contributed by atoms with van der Waals surface area (Å²) in [6, 6.07) is 14.0. The van der Waals surface area contributed by atoms with E-state index in [1.165, 1.54) is 16.7 Å². The molecule has 0 bridgehead atoms. The van der Waals surface area contributed by atoms with E-state index < -0.39 is 29.0 Å². The van der Waals surface area contributed by atoms with Gasteiger partial charge in [0, 0.05) is 45.0 Å². The first-order valence-electron chi connectivity index (χ1n) is 13.2. The molecule has 1 fully saturated rings. The van der Waals surface area contributed by atoms with Crippen molar-refractivity contribution in [3.63, 3.8) is 0 Å². The largest absolute Gasteiger partial charge is 0.416 e. The number of nitrogens with two attached hydrogens (primary N) is 1. The van der Waals surface area contributed by atoms with Crippen LogP contribution in [0.3, 0.4) is 0 Å². The van der Waals surface area contributed by atoms with Gasteiger partial charge >= 0.3 is 11.9 Å². The maximum absolute atomic E-state index is 13.3. The Morgan fingerprint density at radius 2 is 1.56 bits per heavy atom. The summed E-state index contributed by atoms with van der Waals surface area (Å²) in [6.07, 6.45) is -4.48. The zero-order chi connectivity index (χ0) is 28.2. The van der Waals surface area contributed by atoms with E-state index in [1.54, 1.807) is 0 Å². The summed E-state index contributed by atoms with van der Waals surface area (Å²) < 4.78 is 41.3. The second-order valence-electron chi connectivity index (χ2n) is 9.62. The lowest BCUT2D eigenvalue weighted by atomic mass is 9.96. The van der Waals surface area contributed by atoms with Gasteiger partial charge in [-0.1, -0.05) is 44.2 Å². The lowest BCUT2D eigenvalue weighted by Gasteiger charge is -2.40. The molecular weight excluding hydrogens is 509 g/mol. The zero-order valence-electron chi connectivity index (χ0n) is 22.2. The maximum atomic E-state index is 13.3. The van der Waals surface area contributed by atoms with Crippen LogP contribution in [-0.4, -0.2) is 65.2 Å². The van der Waals surface area contributed by atoms with E-state index in [0.29, 0.717) is 38.3 Å². The smallest absolute Gasteiger partial charge is 0.385 e. The average Bonchev–Trinajstić information content (AvgIpc) is 2.93. The molecule has 1 atom stereocenters. The number of halogens is 3. The van der Waals surface area contributed by atoms with Gasteiger partial charge in [-0.25, -0.2) is 4.79 Å². The number of nitrogens with one attached hydrogen (secondary N) is 1. The molecule has 0 aliphatic carbocycles. The molecule has 0 amide bonds. The van der Waals surface area contributed by atoms with Crippen LogP contribution in [-0.2, 0) is 12.7 Å². The topological polar surface area (TPSA) is 90.6 Å². The van der Waals surface area contributed by atoms with Gasteiger partial charge in [0.1, 0.15) is 5.82 Å². The quantitative estimate of drug-likeness (QED) is 0.429. The first-order chi connectivity index (χ1) is 18.6. The van der Waals surface area contributed by atoms with Crippen LogP contribution in [0.5, 0.6) is 0 Å². The highest BCUT2D eigenvalue weighted by molar-refractivity contribution is 5.48. The van der Waals surface area contributed by atoms with Gasteiger partial charge in [-0.3, -0.25) is 19.2 Å². The van der Waals surface area contributed by atoms with Crippen molar-refractivity contribution >= 4 is 11.5 Å². The normalized spacial score (nSPS) is 15.6. The van der Waals surface area contributed by atoms with E-state index in [2.05, 4.69) is 14.8 Å². The van der Waals surface area contributed by atoms with E-state index in [1.807, 2.05) is 49.1 Å². The molecular formula is C28H35F3N6O2. The molecule has 39 heavy (non-hydrogen) atoms. The summed E-state index contributed by atoms with van der Waals surface area (Å²) >= 11 is 0. The Morgan fingerprint density at radius 1 is 0.949 bits per heavy atom. The molecule has 1 aliphatic rings. The number of nitrogens with zero attached hydrogens (tertiary/aromatic N) is 4. The number of H-pyrrole nitrogens is 1. The van der Waals surface area contributed by atoms with Crippen LogP contribution < -0.4 is 21.9 Å². The zero-order valence-corrected chi connectivity index (χ0v) is 22.2. The number of hydrogen-bond donors (Lipinski definition) is 2. The highest BCUT2D eigenvalue weighted by Crippen LogP contribution is 2.34. The predicted octanol–water partition coefficient (Wildman–Crippen LogP) is 3.39. The fraction of sp³-hybridized carbons (Fsp3) is 0.429. The van der Waals surface area contributed by atoms with Gasteiger partial charge in [0.15, 0.2) is 0 Å². The second-order valence-corrected chi connectivity index (χ2v) is 9.62. The number of anilines is 2. The van der Waals surface area contributed by atoms with Gasteiger partial charge < -0.3 is 15.5 Å². The summed E-state index contributed by atoms with van der Waals surface area (Å²) in [6.45, 7) is 8.84. The third kappa shape index (κ3) is 6.36. The Hall–Kier alpha value is -3.57. The molecule has 0 saturated carbocycles. The van der Waals surface area contributed by atoms with Gasteiger partial charge in [-0.2, -0.15) is 13.2 Å². The number of hydrogen-bond acceptors (Lipinski definition) is 6. The van der Waals surface area contributed by atoms with Crippen molar-refractivity contribution in [2.24, 2.45) is 0 Å². The summed E-state index contributed by atoms with van der Waals surface area (Å²) in [5.74, 6) is 0.0336. The molecule has 0 radical (unpaired) electrons.